The van der Waals surface area contributed by atoms with Crippen LogP contribution in [0.5, 0.6) is 0 Å². The smallest absolute Gasteiger partial charge is 0.0154 e. The van der Waals surface area contributed by atoms with E-state index in [1.165, 1.54) is 70.9 Å². The zero-order valence-corrected chi connectivity index (χ0v) is 10.9. The third-order valence-corrected chi connectivity index (χ3v) is 4.73. The summed E-state index contributed by atoms with van der Waals surface area (Å²) in [7, 11) is 0. The van der Waals surface area contributed by atoms with Gasteiger partial charge in [-0.15, -0.1) is 0 Å². The maximum absolute atomic E-state index is 6.51. The van der Waals surface area contributed by atoms with Crippen molar-refractivity contribution in [3.05, 3.63) is 0 Å². The van der Waals surface area contributed by atoms with E-state index >= 15 is 0 Å². The van der Waals surface area contributed by atoms with Crippen molar-refractivity contribution in [2.45, 2.75) is 76.3 Å². The van der Waals surface area contributed by atoms with Crippen LogP contribution in [0.3, 0.4) is 0 Å². The summed E-state index contributed by atoms with van der Waals surface area (Å²) < 4.78 is 0. The van der Waals surface area contributed by atoms with Crippen LogP contribution in [-0.2, 0) is 0 Å². The quantitative estimate of drug-likeness (QED) is 0.795. The summed E-state index contributed by atoms with van der Waals surface area (Å²) in [6, 6.07) is 0.840. The summed E-state index contributed by atoms with van der Waals surface area (Å²) in [5.41, 5.74) is 6.70. The molecule has 1 unspecified atom stereocenters. The minimum Gasteiger partial charge on any atom is -0.325 e. The highest BCUT2D eigenvalue weighted by atomic mass is 15.2. The van der Waals surface area contributed by atoms with E-state index in [4.69, 9.17) is 5.73 Å². The molecule has 0 amide bonds. The van der Waals surface area contributed by atoms with Gasteiger partial charge in [-0.2, -0.15) is 0 Å². The number of rotatable bonds is 4. The third kappa shape index (κ3) is 2.98. The Labute approximate surface area is 101 Å². The summed E-state index contributed by atoms with van der Waals surface area (Å²) in [4.78, 5) is 2.65. The van der Waals surface area contributed by atoms with E-state index in [-0.39, 0.29) is 5.54 Å². The molecule has 0 bridgehead atoms. The van der Waals surface area contributed by atoms with Gasteiger partial charge in [-0.05, 0) is 51.6 Å². The second-order valence-electron chi connectivity index (χ2n) is 5.89. The molecule has 2 fully saturated rings. The van der Waals surface area contributed by atoms with Crippen molar-refractivity contribution in [2.24, 2.45) is 5.73 Å². The first-order chi connectivity index (χ1) is 7.73. The lowest BCUT2D eigenvalue weighted by Gasteiger charge is -2.35. The van der Waals surface area contributed by atoms with Gasteiger partial charge in [0.2, 0.25) is 0 Å². The van der Waals surface area contributed by atoms with E-state index < -0.39 is 0 Å². The van der Waals surface area contributed by atoms with Crippen molar-refractivity contribution < 1.29 is 0 Å². The molecule has 2 N–H and O–H groups in total. The molecule has 2 heteroatoms. The number of hydrogen-bond acceptors (Lipinski definition) is 2. The van der Waals surface area contributed by atoms with Crippen molar-refractivity contribution in [1.29, 1.82) is 0 Å². The van der Waals surface area contributed by atoms with Crippen LogP contribution in [0.25, 0.3) is 0 Å². The molecular formula is C14H28N2. The van der Waals surface area contributed by atoms with Gasteiger partial charge in [0.25, 0.3) is 0 Å². The first kappa shape index (κ1) is 12.4. The molecule has 0 aromatic rings. The average Bonchev–Trinajstić information content (AvgIpc) is 2.75. The zero-order chi connectivity index (χ0) is 11.4. The first-order valence-corrected chi connectivity index (χ1v) is 7.26. The molecule has 1 aliphatic carbocycles. The summed E-state index contributed by atoms with van der Waals surface area (Å²) in [5.74, 6) is 0. The maximum Gasteiger partial charge on any atom is 0.0154 e. The standard InChI is InChI=1S/C14H28N2/c1-2-16-12-6-7-13(16)8-11-14(15)9-4-3-5-10-14/h13H,2-12,15H2,1H3. The van der Waals surface area contributed by atoms with E-state index in [1.54, 1.807) is 0 Å². The van der Waals surface area contributed by atoms with Gasteiger partial charge in [0.05, 0.1) is 0 Å². The molecule has 94 valence electrons. The summed E-state index contributed by atoms with van der Waals surface area (Å²) in [6.07, 6.45) is 12.1. The molecule has 0 spiro atoms. The van der Waals surface area contributed by atoms with Gasteiger partial charge in [0, 0.05) is 11.6 Å². The van der Waals surface area contributed by atoms with Crippen molar-refractivity contribution in [3.63, 3.8) is 0 Å². The SMILES string of the molecule is CCN1CCCC1CCC1(N)CCCCC1. The van der Waals surface area contributed by atoms with Crippen LogP contribution in [0.4, 0.5) is 0 Å². The van der Waals surface area contributed by atoms with Crippen LogP contribution in [0.1, 0.15) is 64.7 Å². The van der Waals surface area contributed by atoms with Gasteiger partial charge >= 0.3 is 0 Å². The van der Waals surface area contributed by atoms with Crippen LogP contribution in [-0.4, -0.2) is 29.6 Å². The Morgan fingerprint density at radius 3 is 2.62 bits per heavy atom. The Balaban J connectivity index is 1.77. The lowest BCUT2D eigenvalue weighted by atomic mass is 9.78. The molecule has 1 saturated heterocycles. The van der Waals surface area contributed by atoms with E-state index in [1.807, 2.05) is 0 Å². The zero-order valence-electron chi connectivity index (χ0n) is 10.9. The Kier molecular flexibility index (Phi) is 4.26. The fourth-order valence-corrected chi connectivity index (χ4v) is 3.60. The van der Waals surface area contributed by atoms with E-state index in [9.17, 15) is 0 Å². The molecular weight excluding hydrogens is 196 g/mol. The molecule has 16 heavy (non-hydrogen) atoms. The third-order valence-electron chi connectivity index (χ3n) is 4.73. The summed E-state index contributed by atoms with van der Waals surface area (Å²) >= 11 is 0. The minimum absolute atomic E-state index is 0.195. The maximum atomic E-state index is 6.51. The van der Waals surface area contributed by atoms with Gasteiger partial charge in [-0.1, -0.05) is 26.2 Å². The molecule has 1 aliphatic heterocycles. The normalized spacial score (nSPS) is 30.8. The van der Waals surface area contributed by atoms with Gasteiger partial charge in [0.15, 0.2) is 0 Å². The van der Waals surface area contributed by atoms with Crippen LogP contribution >= 0.6 is 0 Å². The largest absolute Gasteiger partial charge is 0.325 e. The Morgan fingerprint density at radius 1 is 1.19 bits per heavy atom. The highest BCUT2D eigenvalue weighted by Gasteiger charge is 2.30. The fraction of sp³-hybridized carbons (Fsp3) is 1.00. The predicted molar refractivity (Wildman–Crippen MR) is 69.5 cm³/mol. The van der Waals surface area contributed by atoms with E-state index in [0.29, 0.717) is 0 Å². The van der Waals surface area contributed by atoms with E-state index in [0.717, 1.165) is 6.04 Å². The Bertz CT molecular complexity index is 209. The Morgan fingerprint density at radius 2 is 1.94 bits per heavy atom. The topological polar surface area (TPSA) is 29.3 Å². The molecule has 0 aromatic carbocycles. The average molecular weight is 224 g/mol. The minimum atomic E-state index is 0.195. The lowest BCUT2D eigenvalue weighted by Crippen LogP contribution is -2.43. The second kappa shape index (κ2) is 5.50. The molecule has 0 aromatic heterocycles. The molecule has 2 nitrogen and oxygen atoms in total. The monoisotopic (exact) mass is 224 g/mol. The van der Waals surface area contributed by atoms with Crippen molar-refractivity contribution in [3.8, 4) is 0 Å². The van der Waals surface area contributed by atoms with Crippen molar-refractivity contribution in [1.82, 2.24) is 4.90 Å². The van der Waals surface area contributed by atoms with Crippen molar-refractivity contribution >= 4 is 0 Å². The van der Waals surface area contributed by atoms with Gasteiger partial charge < -0.3 is 10.6 Å². The molecule has 1 saturated carbocycles. The van der Waals surface area contributed by atoms with Crippen LogP contribution in [0.2, 0.25) is 0 Å². The molecule has 1 heterocycles. The highest BCUT2D eigenvalue weighted by Crippen LogP contribution is 2.32. The van der Waals surface area contributed by atoms with Gasteiger partial charge in [0.1, 0.15) is 0 Å². The van der Waals surface area contributed by atoms with Crippen LogP contribution < -0.4 is 5.73 Å². The predicted octanol–water partition coefficient (Wildman–Crippen LogP) is 2.91. The fourth-order valence-electron chi connectivity index (χ4n) is 3.60. The number of nitrogens with zero attached hydrogens (tertiary/aromatic N) is 1. The molecule has 0 radical (unpaired) electrons. The van der Waals surface area contributed by atoms with Crippen molar-refractivity contribution in [2.75, 3.05) is 13.1 Å². The summed E-state index contributed by atoms with van der Waals surface area (Å²) in [5, 5.41) is 0. The van der Waals surface area contributed by atoms with E-state index in [2.05, 4.69) is 11.8 Å². The van der Waals surface area contributed by atoms with Crippen LogP contribution in [0, 0.1) is 0 Å². The number of nitrogens with two attached hydrogens (primary N) is 1. The van der Waals surface area contributed by atoms with Crippen LogP contribution in [0.15, 0.2) is 0 Å². The summed E-state index contributed by atoms with van der Waals surface area (Å²) in [6.45, 7) is 4.83. The lowest BCUT2D eigenvalue weighted by molar-refractivity contribution is 0.210. The van der Waals surface area contributed by atoms with Gasteiger partial charge in [-0.25, -0.2) is 0 Å². The van der Waals surface area contributed by atoms with Gasteiger partial charge in [-0.3, -0.25) is 0 Å². The molecule has 1 atom stereocenters. The Hall–Kier alpha value is -0.0800. The molecule has 2 rings (SSSR count). The first-order valence-electron chi connectivity index (χ1n) is 7.26. The number of hydrogen-bond donors (Lipinski definition) is 1. The second-order valence-corrected chi connectivity index (χ2v) is 5.89. The number of likely N-dealkylation sites (tertiary alicyclic amines) is 1. The highest BCUT2D eigenvalue weighted by molar-refractivity contribution is 4.89. The molecule has 2 aliphatic rings.